The lowest BCUT2D eigenvalue weighted by Crippen LogP contribution is -2.17. The van der Waals surface area contributed by atoms with Crippen molar-refractivity contribution in [2.75, 3.05) is 12.4 Å². The van der Waals surface area contributed by atoms with Gasteiger partial charge in [-0.25, -0.2) is 4.98 Å². The summed E-state index contributed by atoms with van der Waals surface area (Å²) in [5, 5.41) is 5.31. The van der Waals surface area contributed by atoms with E-state index in [0.29, 0.717) is 5.13 Å². The van der Waals surface area contributed by atoms with E-state index in [0.717, 1.165) is 22.6 Å². The van der Waals surface area contributed by atoms with Gasteiger partial charge in [0, 0.05) is 29.5 Å². The molecular formula is C22H24N2O3S. The normalized spacial score (nSPS) is 11.9. The number of rotatable bonds is 8. The Labute approximate surface area is 169 Å². The molecule has 1 amide bonds. The number of para-hydroxylation sites is 1. The summed E-state index contributed by atoms with van der Waals surface area (Å²) in [5.74, 6) is 1.33. The van der Waals surface area contributed by atoms with E-state index < -0.39 is 0 Å². The molecule has 0 saturated heterocycles. The molecule has 1 N–H and O–H groups in total. The van der Waals surface area contributed by atoms with E-state index in [1.54, 1.807) is 13.3 Å². The first-order valence-corrected chi connectivity index (χ1v) is 10.0. The van der Waals surface area contributed by atoms with Gasteiger partial charge in [-0.1, -0.05) is 30.3 Å². The van der Waals surface area contributed by atoms with Crippen molar-refractivity contribution >= 4 is 22.4 Å². The zero-order valence-electron chi connectivity index (χ0n) is 16.2. The fraction of sp³-hybridized carbons (Fsp3) is 0.273. The number of thiazole rings is 1. The van der Waals surface area contributed by atoms with Crippen LogP contribution in [0.15, 0.2) is 60.1 Å². The first-order chi connectivity index (χ1) is 13.6. The van der Waals surface area contributed by atoms with Crippen molar-refractivity contribution in [3.8, 4) is 11.5 Å². The van der Waals surface area contributed by atoms with Crippen LogP contribution in [0.5, 0.6) is 11.5 Å². The minimum atomic E-state index is -0.149. The van der Waals surface area contributed by atoms with E-state index >= 15 is 0 Å². The van der Waals surface area contributed by atoms with Gasteiger partial charge in [0.1, 0.15) is 11.5 Å². The van der Waals surface area contributed by atoms with E-state index in [1.165, 1.54) is 11.3 Å². The molecule has 1 unspecified atom stereocenters. The summed E-state index contributed by atoms with van der Waals surface area (Å²) in [7, 11) is 1.64. The third-order valence-corrected chi connectivity index (χ3v) is 4.93. The van der Waals surface area contributed by atoms with Gasteiger partial charge in [0.15, 0.2) is 5.13 Å². The van der Waals surface area contributed by atoms with Crippen LogP contribution >= 0.6 is 11.3 Å². The van der Waals surface area contributed by atoms with Crippen molar-refractivity contribution in [2.24, 2.45) is 0 Å². The summed E-state index contributed by atoms with van der Waals surface area (Å²) >= 11 is 1.40. The maximum Gasteiger partial charge on any atom is 0.227 e. The molecule has 0 bridgehead atoms. The molecule has 0 aliphatic heterocycles. The van der Waals surface area contributed by atoms with Crippen molar-refractivity contribution in [2.45, 2.75) is 32.3 Å². The van der Waals surface area contributed by atoms with Crippen LogP contribution in [0, 0.1) is 0 Å². The number of anilines is 1. The van der Waals surface area contributed by atoms with Crippen LogP contribution in [0.3, 0.4) is 0 Å². The number of carbonyl (C=O) groups is 1. The number of nitrogens with one attached hydrogen (secondary N) is 1. The Kier molecular flexibility index (Phi) is 6.66. The molecule has 3 rings (SSSR count). The van der Waals surface area contributed by atoms with Crippen LogP contribution in [0.4, 0.5) is 5.13 Å². The Morgan fingerprint density at radius 3 is 2.54 bits per heavy atom. The van der Waals surface area contributed by atoms with Gasteiger partial charge in [0.2, 0.25) is 5.91 Å². The molecule has 0 radical (unpaired) electrons. The molecule has 0 aliphatic carbocycles. The van der Waals surface area contributed by atoms with Gasteiger partial charge in [-0.2, -0.15) is 0 Å². The molecule has 3 aromatic rings. The molecule has 146 valence electrons. The van der Waals surface area contributed by atoms with Crippen molar-refractivity contribution in [1.82, 2.24) is 4.98 Å². The second-order valence-electron chi connectivity index (χ2n) is 6.62. The number of benzene rings is 2. The average Bonchev–Trinajstić information content (AvgIpc) is 3.19. The minimum absolute atomic E-state index is 0.0895. The first-order valence-electron chi connectivity index (χ1n) is 9.15. The molecule has 0 saturated carbocycles. The lowest BCUT2D eigenvalue weighted by molar-refractivity contribution is -0.116. The lowest BCUT2D eigenvalue weighted by atomic mass is 9.87. The predicted octanol–water partition coefficient (Wildman–Crippen LogP) is 5.10. The van der Waals surface area contributed by atoms with Gasteiger partial charge in [-0.05, 0) is 37.6 Å². The summed E-state index contributed by atoms with van der Waals surface area (Å²) in [5.41, 5.74) is 1.99. The van der Waals surface area contributed by atoms with Crippen LogP contribution in [0.2, 0.25) is 0 Å². The third-order valence-electron chi connectivity index (χ3n) is 4.24. The maximum absolute atomic E-state index is 12.7. The van der Waals surface area contributed by atoms with E-state index in [4.69, 9.17) is 9.47 Å². The van der Waals surface area contributed by atoms with Crippen molar-refractivity contribution < 1.29 is 14.3 Å². The van der Waals surface area contributed by atoms with Crippen LogP contribution in [-0.4, -0.2) is 24.1 Å². The summed E-state index contributed by atoms with van der Waals surface area (Å²) in [6.07, 6.45) is 2.07. The molecular weight excluding hydrogens is 372 g/mol. The first kappa shape index (κ1) is 19.9. The van der Waals surface area contributed by atoms with E-state index in [-0.39, 0.29) is 24.3 Å². The fourth-order valence-corrected chi connectivity index (χ4v) is 3.60. The molecule has 1 aromatic heterocycles. The number of ether oxygens (including phenoxy) is 2. The summed E-state index contributed by atoms with van der Waals surface area (Å²) < 4.78 is 11.3. The second kappa shape index (κ2) is 9.37. The molecule has 2 aromatic carbocycles. The van der Waals surface area contributed by atoms with Crippen LogP contribution in [-0.2, 0) is 4.79 Å². The van der Waals surface area contributed by atoms with Crippen LogP contribution < -0.4 is 14.8 Å². The summed E-state index contributed by atoms with van der Waals surface area (Å²) in [6.45, 7) is 3.99. The highest BCUT2D eigenvalue weighted by Gasteiger charge is 2.22. The van der Waals surface area contributed by atoms with Gasteiger partial charge in [0.25, 0.3) is 0 Å². The molecule has 0 fully saturated rings. The highest BCUT2D eigenvalue weighted by molar-refractivity contribution is 7.13. The minimum Gasteiger partial charge on any atom is -0.496 e. The highest BCUT2D eigenvalue weighted by atomic mass is 32.1. The number of aromatic nitrogens is 1. The quantitative estimate of drug-likeness (QED) is 0.575. The summed E-state index contributed by atoms with van der Waals surface area (Å²) in [6, 6.07) is 15.7. The number of nitrogens with zero attached hydrogens (tertiary/aromatic N) is 1. The van der Waals surface area contributed by atoms with E-state index in [1.807, 2.05) is 67.8 Å². The van der Waals surface area contributed by atoms with Crippen molar-refractivity contribution in [1.29, 1.82) is 0 Å². The molecule has 0 aliphatic rings. The van der Waals surface area contributed by atoms with Gasteiger partial charge in [0.05, 0.1) is 13.2 Å². The Hall–Kier alpha value is -2.86. The maximum atomic E-state index is 12.7. The van der Waals surface area contributed by atoms with Gasteiger partial charge in [-0.15, -0.1) is 11.3 Å². The van der Waals surface area contributed by atoms with Crippen molar-refractivity contribution in [3.05, 3.63) is 71.2 Å². The smallest absolute Gasteiger partial charge is 0.227 e. The Balaban J connectivity index is 1.88. The Morgan fingerprint density at radius 2 is 1.89 bits per heavy atom. The SMILES string of the molecule is COc1ccccc1C(CC(=O)Nc1nccs1)c1ccc(OC(C)C)cc1. The zero-order valence-corrected chi connectivity index (χ0v) is 17.0. The number of hydrogen-bond acceptors (Lipinski definition) is 5. The van der Waals surface area contributed by atoms with Gasteiger partial charge < -0.3 is 14.8 Å². The lowest BCUT2D eigenvalue weighted by Gasteiger charge is -2.20. The number of hydrogen-bond donors (Lipinski definition) is 1. The standard InChI is InChI=1S/C22H24N2O3S/c1-15(2)27-17-10-8-16(9-11-17)19(18-6-4-5-7-20(18)26-3)14-21(25)24-22-23-12-13-28-22/h4-13,15,19H,14H2,1-3H3,(H,23,24,25). The highest BCUT2D eigenvalue weighted by Crippen LogP contribution is 2.35. The van der Waals surface area contributed by atoms with E-state index in [9.17, 15) is 4.79 Å². The predicted molar refractivity (Wildman–Crippen MR) is 112 cm³/mol. The average molecular weight is 397 g/mol. The topological polar surface area (TPSA) is 60.5 Å². The molecule has 0 spiro atoms. The molecule has 5 nitrogen and oxygen atoms in total. The van der Waals surface area contributed by atoms with Crippen LogP contribution in [0.25, 0.3) is 0 Å². The molecule has 1 atom stereocenters. The zero-order chi connectivity index (χ0) is 19.9. The monoisotopic (exact) mass is 396 g/mol. The Bertz CT molecular complexity index is 892. The summed E-state index contributed by atoms with van der Waals surface area (Å²) in [4.78, 5) is 16.8. The van der Waals surface area contributed by atoms with Crippen LogP contribution in [0.1, 0.15) is 37.3 Å². The number of amides is 1. The van der Waals surface area contributed by atoms with Gasteiger partial charge in [-0.3, -0.25) is 4.79 Å². The number of methoxy groups -OCH3 is 1. The van der Waals surface area contributed by atoms with Crippen molar-refractivity contribution in [3.63, 3.8) is 0 Å². The second-order valence-corrected chi connectivity index (χ2v) is 7.51. The molecule has 6 heteroatoms. The molecule has 1 heterocycles. The largest absolute Gasteiger partial charge is 0.496 e. The fourth-order valence-electron chi connectivity index (χ4n) is 3.05. The molecule has 28 heavy (non-hydrogen) atoms. The van der Waals surface area contributed by atoms with E-state index in [2.05, 4.69) is 10.3 Å². The third kappa shape index (κ3) is 5.10. The Morgan fingerprint density at radius 1 is 1.14 bits per heavy atom. The van der Waals surface area contributed by atoms with Gasteiger partial charge >= 0.3 is 0 Å². The number of carbonyl (C=O) groups excluding carboxylic acids is 1.